The van der Waals surface area contributed by atoms with Gasteiger partial charge in [-0.25, -0.2) is 0 Å². The second-order valence-electron chi connectivity index (χ2n) is 7.44. The number of Topliss-reactive ketones (excluding diaryl/α,β-unsaturated/α-hetero) is 1. The lowest BCUT2D eigenvalue weighted by Crippen LogP contribution is -2.31. The molecule has 0 aliphatic carbocycles. The summed E-state index contributed by atoms with van der Waals surface area (Å²) in [5.74, 6) is 1.72. The predicted molar refractivity (Wildman–Crippen MR) is 119 cm³/mol. The molecule has 0 fully saturated rings. The molecule has 0 saturated carbocycles. The van der Waals surface area contributed by atoms with E-state index in [-0.39, 0.29) is 5.78 Å². The molecular formula is C25H21NO3S. The molecule has 0 atom stereocenters. The van der Waals surface area contributed by atoms with E-state index in [4.69, 9.17) is 9.47 Å². The molecule has 3 heterocycles. The smallest absolute Gasteiger partial charge is 0.231 e. The topological polar surface area (TPSA) is 38.8 Å². The fraction of sp³-hybridized carbons (Fsp3) is 0.160. The van der Waals surface area contributed by atoms with Crippen LogP contribution in [0.25, 0.3) is 6.08 Å². The zero-order valence-corrected chi connectivity index (χ0v) is 17.4. The molecule has 150 valence electrons. The summed E-state index contributed by atoms with van der Waals surface area (Å²) in [6, 6.07) is 16.1. The molecule has 4 nitrogen and oxygen atoms in total. The third kappa shape index (κ3) is 3.58. The number of thiophene rings is 1. The third-order valence-electron chi connectivity index (χ3n) is 5.30. The summed E-state index contributed by atoms with van der Waals surface area (Å²) < 4.78 is 12.0. The highest BCUT2D eigenvalue weighted by Crippen LogP contribution is 2.43. The number of ether oxygens (including phenoxy) is 2. The van der Waals surface area contributed by atoms with Crippen LogP contribution in [0.15, 0.2) is 71.8 Å². The Balaban J connectivity index is 1.38. The van der Waals surface area contributed by atoms with E-state index in [0.29, 0.717) is 23.8 Å². The summed E-state index contributed by atoms with van der Waals surface area (Å²) in [7, 11) is 0. The minimum absolute atomic E-state index is 0.0796. The van der Waals surface area contributed by atoms with Crippen LogP contribution in [0.1, 0.15) is 31.9 Å². The Morgan fingerprint density at radius 2 is 2.00 bits per heavy atom. The van der Waals surface area contributed by atoms with Crippen LogP contribution in [0, 0.1) is 6.92 Å². The first-order chi connectivity index (χ1) is 14.7. The Morgan fingerprint density at radius 3 is 2.80 bits per heavy atom. The number of benzene rings is 2. The van der Waals surface area contributed by atoms with Crippen molar-refractivity contribution in [1.82, 2.24) is 4.90 Å². The summed E-state index contributed by atoms with van der Waals surface area (Å²) in [6.07, 6.45) is 5.54. The van der Waals surface area contributed by atoms with E-state index in [1.165, 1.54) is 4.88 Å². The molecule has 3 aromatic rings. The Labute approximate surface area is 179 Å². The molecule has 0 spiro atoms. The van der Waals surface area contributed by atoms with Gasteiger partial charge in [0.05, 0.1) is 5.56 Å². The van der Waals surface area contributed by atoms with Crippen molar-refractivity contribution in [2.45, 2.75) is 20.0 Å². The molecule has 5 heteroatoms. The van der Waals surface area contributed by atoms with Crippen molar-refractivity contribution in [1.29, 1.82) is 0 Å². The van der Waals surface area contributed by atoms with E-state index in [1.807, 2.05) is 55.5 Å². The normalized spacial score (nSPS) is 17.1. The van der Waals surface area contributed by atoms with Crippen molar-refractivity contribution < 1.29 is 14.3 Å². The standard InChI is InChI=1S/C25H21NO3S/c1-17-24-19(14-26(16-28-24)15-20-10-6-12-30-20)13-21-23(27)22(29-25(17)21)11-5-9-18-7-3-2-4-8-18/h2-13H,14-16H2,1H3/b9-5+,22-11-. The number of carbonyl (C=O) groups is 1. The van der Waals surface area contributed by atoms with Crippen LogP contribution in [-0.2, 0) is 13.1 Å². The maximum atomic E-state index is 12.9. The van der Waals surface area contributed by atoms with Crippen LogP contribution in [0.3, 0.4) is 0 Å². The van der Waals surface area contributed by atoms with Gasteiger partial charge < -0.3 is 9.47 Å². The third-order valence-corrected chi connectivity index (χ3v) is 6.16. The Morgan fingerprint density at radius 1 is 1.13 bits per heavy atom. The minimum atomic E-state index is -0.0796. The zero-order chi connectivity index (χ0) is 20.5. The molecule has 0 radical (unpaired) electrons. The van der Waals surface area contributed by atoms with E-state index < -0.39 is 0 Å². The number of rotatable bonds is 4. The van der Waals surface area contributed by atoms with E-state index >= 15 is 0 Å². The van der Waals surface area contributed by atoms with Gasteiger partial charge in [0.2, 0.25) is 5.78 Å². The van der Waals surface area contributed by atoms with Gasteiger partial charge in [-0.2, -0.15) is 0 Å². The summed E-state index contributed by atoms with van der Waals surface area (Å²) >= 11 is 1.74. The van der Waals surface area contributed by atoms with E-state index in [9.17, 15) is 4.79 Å². The van der Waals surface area contributed by atoms with Gasteiger partial charge in [0.25, 0.3) is 0 Å². The number of hydrogen-bond donors (Lipinski definition) is 0. The van der Waals surface area contributed by atoms with E-state index in [1.54, 1.807) is 17.4 Å². The average molecular weight is 416 g/mol. The molecule has 5 rings (SSSR count). The summed E-state index contributed by atoms with van der Waals surface area (Å²) in [5.41, 5.74) is 3.62. The van der Waals surface area contributed by atoms with Crippen molar-refractivity contribution in [3.05, 3.63) is 99.0 Å². The van der Waals surface area contributed by atoms with Gasteiger partial charge in [-0.05, 0) is 36.1 Å². The van der Waals surface area contributed by atoms with Crippen LogP contribution in [0.4, 0.5) is 0 Å². The van der Waals surface area contributed by atoms with Crippen LogP contribution < -0.4 is 9.47 Å². The van der Waals surface area contributed by atoms with Crippen LogP contribution in [0.5, 0.6) is 11.5 Å². The molecule has 30 heavy (non-hydrogen) atoms. The Bertz CT molecular complexity index is 1150. The molecule has 0 amide bonds. The fourth-order valence-corrected chi connectivity index (χ4v) is 4.59. The predicted octanol–water partition coefficient (Wildman–Crippen LogP) is 5.58. The van der Waals surface area contributed by atoms with Gasteiger partial charge in [-0.15, -0.1) is 11.3 Å². The van der Waals surface area contributed by atoms with Gasteiger partial charge in [0.1, 0.15) is 18.2 Å². The Kier molecular flexibility index (Phi) is 4.99. The fourth-order valence-electron chi connectivity index (χ4n) is 3.85. The summed E-state index contributed by atoms with van der Waals surface area (Å²) in [6.45, 7) is 4.08. The number of ketones is 1. The zero-order valence-electron chi connectivity index (χ0n) is 16.6. The lowest BCUT2D eigenvalue weighted by Gasteiger charge is -2.30. The molecule has 1 aromatic heterocycles. The summed E-state index contributed by atoms with van der Waals surface area (Å²) in [4.78, 5) is 16.5. The monoisotopic (exact) mass is 415 g/mol. The average Bonchev–Trinajstić information content (AvgIpc) is 3.38. The summed E-state index contributed by atoms with van der Waals surface area (Å²) in [5, 5.41) is 2.08. The lowest BCUT2D eigenvalue weighted by molar-refractivity contribution is 0.0886. The van der Waals surface area contributed by atoms with Gasteiger partial charge >= 0.3 is 0 Å². The number of hydrogen-bond acceptors (Lipinski definition) is 5. The molecule has 2 aliphatic heterocycles. The van der Waals surface area contributed by atoms with Crippen molar-refractivity contribution in [2.24, 2.45) is 0 Å². The van der Waals surface area contributed by atoms with Crippen LogP contribution in [-0.4, -0.2) is 17.4 Å². The highest BCUT2D eigenvalue weighted by atomic mass is 32.1. The van der Waals surface area contributed by atoms with Gasteiger partial charge in [-0.1, -0.05) is 48.6 Å². The Hall–Kier alpha value is -3.15. The second-order valence-corrected chi connectivity index (χ2v) is 8.47. The quantitative estimate of drug-likeness (QED) is 0.522. The van der Waals surface area contributed by atoms with Gasteiger partial charge in [0.15, 0.2) is 5.76 Å². The molecular weight excluding hydrogens is 394 g/mol. The number of nitrogens with zero attached hydrogens (tertiary/aromatic N) is 1. The highest BCUT2D eigenvalue weighted by Gasteiger charge is 2.33. The van der Waals surface area contributed by atoms with Gasteiger partial charge in [-0.3, -0.25) is 9.69 Å². The van der Waals surface area contributed by atoms with Crippen molar-refractivity contribution in [3.8, 4) is 11.5 Å². The van der Waals surface area contributed by atoms with Crippen molar-refractivity contribution in [2.75, 3.05) is 6.73 Å². The largest absolute Gasteiger partial charge is 0.477 e. The molecule has 0 saturated heterocycles. The van der Waals surface area contributed by atoms with E-state index in [2.05, 4.69) is 22.4 Å². The molecule has 0 N–H and O–H groups in total. The number of fused-ring (bicyclic) bond motifs is 2. The van der Waals surface area contributed by atoms with Crippen molar-refractivity contribution >= 4 is 23.2 Å². The van der Waals surface area contributed by atoms with Crippen molar-refractivity contribution in [3.63, 3.8) is 0 Å². The highest BCUT2D eigenvalue weighted by molar-refractivity contribution is 7.09. The van der Waals surface area contributed by atoms with Crippen LogP contribution in [0.2, 0.25) is 0 Å². The van der Waals surface area contributed by atoms with E-state index in [0.717, 1.165) is 35.5 Å². The SMILES string of the molecule is Cc1c2c(cc3c1O/C(=C\C=C\c1ccccc1)C3=O)CN(Cc1cccs1)CO2. The maximum Gasteiger partial charge on any atom is 0.231 e. The first kappa shape index (κ1) is 18.9. The first-order valence-corrected chi connectivity index (χ1v) is 10.8. The number of carbonyl (C=O) groups excluding carboxylic acids is 1. The molecule has 2 aliphatic rings. The first-order valence-electron chi connectivity index (χ1n) is 9.89. The number of allylic oxidation sites excluding steroid dienone is 3. The second kappa shape index (κ2) is 7.94. The molecule has 2 aromatic carbocycles. The van der Waals surface area contributed by atoms with Crippen LogP contribution >= 0.6 is 11.3 Å². The molecule has 0 unspecified atom stereocenters. The van der Waals surface area contributed by atoms with Gasteiger partial charge in [0, 0.05) is 29.1 Å². The minimum Gasteiger partial charge on any atom is -0.477 e. The lowest BCUT2D eigenvalue weighted by atomic mass is 10.00. The maximum absolute atomic E-state index is 12.9. The molecule has 0 bridgehead atoms.